The van der Waals surface area contributed by atoms with Gasteiger partial charge in [-0.3, -0.25) is 4.79 Å². The molecule has 0 spiro atoms. The first-order valence-electron chi connectivity index (χ1n) is 8.33. The maximum absolute atomic E-state index is 12.7. The normalized spacial score (nSPS) is 11.7. The number of esters is 2. The molecular formula is C19H21ClN2O5. The van der Waals surface area contributed by atoms with E-state index < -0.39 is 23.8 Å². The summed E-state index contributed by atoms with van der Waals surface area (Å²) in [5.74, 6) is -1.67. The van der Waals surface area contributed by atoms with Gasteiger partial charge in [-0.15, -0.1) is 0 Å². The van der Waals surface area contributed by atoms with E-state index in [-0.39, 0.29) is 23.6 Å². The van der Waals surface area contributed by atoms with E-state index in [1.807, 2.05) is 0 Å². The Balaban J connectivity index is 2.20. The lowest BCUT2D eigenvalue weighted by molar-refractivity contribution is 0.0316. The zero-order valence-corrected chi connectivity index (χ0v) is 16.3. The fourth-order valence-corrected chi connectivity index (χ4v) is 2.78. The fourth-order valence-electron chi connectivity index (χ4n) is 2.66. The van der Waals surface area contributed by atoms with Crippen LogP contribution in [-0.2, 0) is 9.47 Å². The van der Waals surface area contributed by atoms with Crippen molar-refractivity contribution in [1.29, 1.82) is 0 Å². The van der Waals surface area contributed by atoms with Crippen LogP contribution in [0.2, 0.25) is 5.02 Å². The predicted octanol–water partition coefficient (Wildman–Crippen LogP) is 3.47. The zero-order chi connectivity index (χ0) is 20.3. The number of halogens is 1. The number of ether oxygens (including phenoxy) is 2. The number of aromatic amines is 1. The first kappa shape index (κ1) is 20.5. The standard InChI is InChI=1S/C19H21ClN2O5/c1-5-26-19(25)15-9(2)16(22-10(15)3)17(23)11(4)27-18(24)12-6-7-13(20)14(21)8-12/h6-8,11,22H,5,21H2,1-4H3/t11-/m1/s1. The second-order valence-electron chi connectivity index (χ2n) is 5.99. The summed E-state index contributed by atoms with van der Waals surface area (Å²) < 4.78 is 10.2. The number of nitrogens with two attached hydrogens (primary N) is 1. The molecule has 0 saturated carbocycles. The van der Waals surface area contributed by atoms with E-state index in [0.717, 1.165) is 0 Å². The third-order valence-electron chi connectivity index (χ3n) is 4.05. The smallest absolute Gasteiger partial charge is 0.340 e. The molecule has 1 atom stereocenters. The second kappa shape index (κ2) is 8.26. The average Bonchev–Trinajstić information content (AvgIpc) is 2.91. The average molecular weight is 393 g/mol. The molecule has 7 nitrogen and oxygen atoms in total. The molecular weight excluding hydrogens is 372 g/mol. The number of H-pyrrole nitrogens is 1. The molecule has 1 aromatic carbocycles. The van der Waals surface area contributed by atoms with Gasteiger partial charge in [0, 0.05) is 5.69 Å². The Morgan fingerprint density at radius 2 is 1.89 bits per heavy atom. The van der Waals surface area contributed by atoms with Crippen molar-refractivity contribution in [3.8, 4) is 0 Å². The number of nitrogens with one attached hydrogen (secondary N) is 1. The number of carbonyl (C=O) groups is 3. The van der Waals surface area contributed by atoms with Gasteiger partial charge in [0.15, 0.2) is 6.10 Å². The predicted molar refractivity (Wildman–Crippen MR) is 101 cm³/mol. The molecule has 0 radical (unpaired) electrons. The molecule has 0 unspecified atom stereocenters. The number of nitrogen functional groups attached to an aromatic ring is 1. The summed E-state index contributed by atoms with van der Waals surface area (Å²) in [7, 11) is 0. The number of benzene rings is 1. The van der Waals surface area contributed by atoms with Gasteiger partial charge in [0.25, 0.3) is 0 Å². The number of hydrogen-bond donors (Lipinski definition) is 2. The van der Waals surface area contributed by atoms with Gasteiger partial charge in [0.2, 0.25) is 5.78 Å². The summed E-state index contributed by atoms with van der Waals surface area (Å²) in [6.45, 7) is 6.69. The fraction of sp³-hybridized carbons (Fsp3) is 0.316. The van der Waals surface area contributed by atoms with Crippen molar-refractivity contribution in [1.82, 2.24) is 4.98 Å². The molecule has 0 fully saturated rings. The number of anilines is 1. The van der Waals surface area contributed by atoms with Crippen LogP contribution in [0.25, 0.3) is 0 Å². The number of aryl methyl sites for hydroxylation is 1. The van der Waals surface area contributed by atoms with E-state index in [9.17, 15) is 14.4 Å². The van der Waals surface area contributed by atoms with Crippen molar-refractivity contribution in [3.05, 3.63) is 51.3 Å². The summed E-state index contributed by atoms with van der Waals surface area (Å²) in [5, 5.41) is 0.319. The quantitative estimate of drug-likeness (QED) is 0.442. The van der Waals surface area contributed by atoms with Crippen LogP contribution in [0.4, 0.5) is 5.69 Å². The van der Waals surface area contributed by atoms with Gasteiger partial charge in [-0.1, -0.05) is 11.6 Å². The van der Waals surface area contributed by atoms with E-state index in [0.29, 0.717) is 21.8 Å². The summed E-state index contributed by atoms with van der Waals surface area (Å²) in [4.78, 5) is 39.9. The molecule has 0 aliphatic heterocycles. The van der Waals surface area contributed by atoms with E-state index in [4.69, 9.17) is 26.8 Å². The third-order valence-corrected chi connectivity index (χ3v) is 4.39. The van der Waals surface area contributed by atoms with Crippen molar-refractivity contribution in [3.63, 3.8) is 0 Å². The van der Waals surface area contributed by atoms with Crippen LogP contribution in [-0.4, -0.2) is 35.4 Å². The summed E-state index contributed by atoms with van der Waals surface area (Å²) in [6.07, 6.45) is -1.07. The number of Topliss-reactive ketones (excluding diaryl/α,β-unsaturated/α-hetero) is 1. The lowest BCUT2D eigenvalue weighted by atomic mass is 10.1. The Hall–Kier alpha value is -2.80. The number of carbonyl (C=O) groups excluding carboxylic acids is 3. The van der Waals surface area contributed by atoms with E-state index in [1.165, 1.54) is 25.1 Å². The van der Waals surface area contributed by atoms with Gasteiger partial charge >= 0.3 is 11.9 Å². The second-order valence-corrected chi connectivity index (χ2v) is 6.40. The maximum Gasteiger partial charge on any atom is 0.340 e. The van der Waals surface area contributed by atoms with Crippen LogP contribution in [0, 0.1) is 13.8 Å². The first-order chi connectivity index (χ1) is 12.7. The highest BCUT2D eigenvalue weighted by molar-refractivity contribution is 6.33. The van der Waals surface area contributed by atoms with Crippen molar-refractivity contribution < 1.29 is 23.9 Å². The lowest BCUT2D eigenvalue weighted by Crippen LogP contribution is -2.25. The highest BCUT2D eigenvalue weighted by atomic mass is 35.5. The van der Waals surface area contributed by atoms with Crippen LogP contribution in [0.3, 0.4) is 0 Å². The maximum atomic E-state index is 12.7. The monoisotopic (exact) mass is 392 g/mol. The van der Waals surface area contributed by atoms with Gasteiger partial charge in [0.1, 0.15) is 0 Å². The van der Waals surface area contributed by atoms with Crippen LogP contribution < -0.4 is 5.73 Å². The topological polar surface area (TPSA) is 111 Å². The summed E-state index contributed by atoms with van der Waals surface area (Å²) in [6, 6.07) is 4.32. The van der Waals surface area contributed by atoms with E-state index >= 15 is 0 Å². The molecule has 1 heterocycles. The number of ketones is 1. The number of aromatic nitrogens is 1. The van der Waals surface area contributed by atoms with E-state index in [1.54, 1.807) is 20.8 Å². The molecule has 0 aliphatic rings. The first-order valence-corrected chi connectivity index (χ1v) is 8.71. The molecule has 2 aromatic rings. The van der Waals surface area contributed by atoms with Crippen molar-refractivity contribution in [2.24, 2.45) is 0 Å². The molecule has 0 amide bonds. The third kappa shape index (κ3) is 4.31. The largest absolute Gasteiger partial charge is 0.462 e. The number of hydrogen-bond acceptors (Lipinski definition) is 6. The van der Waals surface area contributed by atoms with Crippen LogP contribution in [0.15, 0.2) is 18.2 Å². The van der Waals surface area contributed by atoms with E-state index in [2.05, 4.69) is 4.98 Å². The highest BCUT2D eigenvalue weighted by Gasteiger charge is 2.27. The Bertz CT molecular complexity index is 904. The Morgan fingerprint density at radius 3 is 2.48 bits per heavy atom. The summed E-state index contributed by atoms with van der Waals surface area (Å²) >= 11 is 5.83. The molecule has 1 aromatic heterocycles. The number of rotatable bonds is 6. The molecule has 2 rings (SSSR count). The highest BCUT2D eigenvalue weighted by Crippen LogP contribution is 2.23. The van der Waals surface area contributed by atoms with Crippen LogP contribution in [0.1, 0.15) is 56.3 Å². The molecule has 8 heteroatoms. The van der Waals surface area contributed by atoms with Crippen LogP contribution >= 0.6 is 11.6 Å². The molecule has 3 N–H and O–H groups in total. The van der Waals surface area contributed by atoms with Gasteiger partial charge in [-0.25, -0.2) is 9.59 Å². The molecule has 0 aliphatic carbocycles. The lowest BCUT2D eigenvalue weighted by Gasteiger charge is -2.13. The zero-order valence-electron chi connectivity index (χ0n) is 15.5. The molecule has 144 valence electrons. The minimum Gasteiger partial charge on any atom is -0.462 e. The van der Waals surface area contributed by atoms with Gasteiger partial charge in [-0.05, 0) is 51.5 Å². The van der Waals surface area contributed by atoms with Gasteiger partial charge in [-0.2, -0.15) is 0 Å². The van der Waals surface area contributed by atoms with Crippen molar-refractivity contribution in [2.75, 3.05) is 12.3 Å². The minimum atomic E-state index is -1.07. The van der Waals surface area contributed by atoms with Crippen molar-refractivity contribution >= 4 is 35.0 Å². The molecule has 0 bridgehead atoms. The Morgan fingerprint density at radius 1 is 1.22 bits per heavy atom. The molecule has 0 saturated heterocycles. The summed E-state index contributed by atoms with van der Waals surface area (Å²) in [5.41, 5.74) is 7.57. The van der Waals surface area contributed by atoms with Crippen molar-refractivity contribution in [2.45, 2.75) is 33.8 Å². The SMILES string of the molecule is CCOC(=O)c1c(C)[nH]c(C(=O)[C@@H](C)OC(=O)c2ccc(Cl)c(N)c2)c1C. The molecule has 27 heavy (non-hydrogen) atoms. The Kier molecular flexibility index (Phi) is 6.28. The van der Waals surface area contributed by atoms with Gasteiger partial charge < -0.3 is 20.2 Å². The van der Waals surface area contributed by atoms with Crippen LogP contribution in [0.5, 0.6) is 0 Å². The Labute approximate surface area is 161 Å². The van der Waals surface area contributed by atoms with Gasteiger partial charge in [0.05, 0.1) is 34.1 Å². The minimum absolute atomic E-state index is 0.183.